The molecule has 14 heavy (non-hydrogen) atoms. The van der Waals surface area contributed by atoms with Gasteiger partial charge < -0.3 is 13.8 Å². The predicted molar refractivity (Wildman–Crippen MR) is 72.0 cm³/mol. The fraction of sp³-hybridized carbons (Fsp3) is 0.833. The van der Waals surface area contributed by atoms with Crippen molar-refractivity contribution in [1.29, 1.82) is 0 Å². The molecule has 2 heteroatoms. The van der Waals surface area contributed by atoms with E-state index in [2.05, 4.69) is 27.7 Å². The molecule has 0 aromatic heterocycles. The molecule has 0 aromatic carbocycles. The van der Waals surface area contributed by atoms with Crippen LogP contribution in [0.15, 0.2) is 0 Å². The van der Waals surface area contributed by atoms with Crippen molar-refractivity contribution in [2.45, 2.75) is 65.2 Å². The van der Waals surface area contributed by atoms with E-state index in [9.17, 15) is 0 Å². The zero-order chi connectivity index (χ0) is 9.66. The molecule has 0 unspecified atom stereocenters. The van der Waals surface area contributed by atoms with Crippen LogP contribution in [0.5, 0.6) is 0 Å². The normalized spacial score (nSPS) is 7.71. The summed E-state index contributed by atoms with van der Waals surface area (Å²) >= 11 is 0. The summed E-state index contributed by atoms with van der Waals surface area (Å²) in [7, 11) is 0. The van der Waals surface area contributed by atoms with E-state index in [0.717, 1.165) is 12.8 Å². The quantitative estimate of drug-likeness (QED) is 0.348. The molecule has 0 fully saturated rings. The van der Waals surface area contributed by atoms with Gasteiger partial charge in [0.05, 0.1) is 0 Å². The summed E-state index contributed by atoms with van der Waals surface area (Å²) in [5, 5.41) is 0. The Kier molecular flexibility index (Phi) is 50.8. The molecule has 0 amide bonds. The van der Waals surface area contributed by atoms with Crippen LogP contribution in [0.4, 0.5) is 0 Å². The average Bonchev–Trinajstić information content (AvgIpc) is 2.13. The van der Waals surface area contributed by atoms with Gasteiger partial charge in [-0.25, -0.2) is 0 Å². The molecule has 0 saturated heterocycles. The molecule has 0 bridgehead atoms. The Labute approximate surface area is 114 Å². The first-order chi connectivity index (χ1) is 5.83. The molecule has 84 valence electrons. The molecule has 0 aromatic rings. The van der Waals surface area contributed by atoms with Gasteiger partial charge in [-0.15, -0.1) is 12.4 Å². The number of hydrogen-bond acceptors (Lipinski definition) is 0. The Morgan fingerprint density at radius 3 is 1.43 bits per heavy atom. The van der Waals surface area contributed by atoms with Crippen LogP contribution in [0.3, 0.4) is 0 Å². The number of unbranched alkanes of at least 4 members (excludes halogenated alkanes) is 6. The molecule has 0 heterocycles. The van der Waals surface area contributed by atoms with Crippen molar-refractivity contribution < 1.29 is 0 Å². The molecule has 0 aliphatic carbocycles. The van der Waals surface area contributed by atoms with Gasteiger partial charge in [0.25, 0.3) is 0 Å². The second-order valence-electron chi connectivity index (χ2n) is 3.12. The van der Waals surface area contributed by atoms with Gasteiger partial charge in [-0.05, 0) is 0 Å². The second kappa shape index (κ2) is 29.2. The minimum absolute atomic E-state index is 0. The van der Waals surface area contributed by atoms with E-state index in [-0.39, 0.29) is 35.5 Å². The Hall–Kier alpha value is 1.06. The van der Waals surface area contributed by atoms with Crippen LogP contribution < -0.4 is 0 Å². The SMILES string of the molecule is Cl.[CH2-]CCC.[CH2-]CCCCCCC.[Mg+2]. The first-order valence-corrected chi connectivity index (χ1v) is 5.41. The molecule has 0 N–H and O–H groups in total. The predicted octanol–water partition coefficient (Wildman–Crippen LogP) is 4.84. The molecule has 0 radical (unpaired) electrons. The minimum Gasteiger partial charge on any atom is -0.343 e. The van der Waals surface area contributed by atoms with Crippen molar-refractivity contribution >= 4 is 35.5 Å². The maximum absolute atomic E-state index is 3.78. The maximum Gasteiger partial charge on any atom is 2.00 e. The summed E-state index contributed by atoms with van der Waals surface area (Å²) < 4.78 is 0. The standard InChI is InChI=1S/C8H17.C4H9.ClH.Mg/c1-3-5-7-8-6-4-2;1-3-4-2;;/h1,3-8H2,2H3;1,3-4H2,2H3;1H;/q2*-1;;+2. The molecule has 0 nitrogen and oxygen atoms in total. The van der Waals surface area contributed by atoms with Gasteiger partial charge in [-0.1, -0.05) is 52.4 Å². The van der Waals surface area contributed by atoms with Crippen molar-refractivity contribution in [2.75, 3.05) is 0 Å². The van der Waals surface area contributed by atoms with Gasteiger partial charge in [-0.2, -0.15) is 12.8 Å². The third-order valence-electron chi connectivity index (χ3n) is 1.71. The zero-order valence-electron chi connectivity index (χ0n) is 10.2. The molecule has 0 rings (SSSR count). The summed E-state index contributed by atoms with van der Waals surface area (Å²) in [5.74, 6) is 0. The van der Waals surface area contributed by atoms with E-state index < -0.39 is 0 Å². The molecule has 0 atom stereocenters. The van der Waals surface area contributed by atoms with Crippen molar-refractivity contribution in [2.24, 2.45) is 0 Å². The summed E-state index contributed by atoms with van der Waals surface area (Å²) in [4.78, 5) is 0. The Bertz CT molecular complexity index is 50.3. The molecule has 0 spiro atoms. The van der Waals surface area contributed by atoms with Crippen LogP contribution in [-0.2, 0) is 0 Å². The van der Waals surface area contributed by atoms with E-state index in [4.69, 9.17) is 0 Å². The van der Waals surface area contributed by atoms with E-state index in [1.165, 1.54) is 38.5 Å². The van der Waals surface area contributed by atoms with E-state index in [0.29, 0.717) is 0 Å². The van der Waals surface area contributed by atoms with Gasteiger partial charge in [0.2, 0.25) is 0 Å². The molecule has 0 saturated carbocycles. The van der Waals surface area contributed by atoms with Gasteiger partial charge >= 0.3 is 23.1 Å². The smallest absolute Gasteiger partial charge is 0.343 e. The van der Waals surface area contributed by atoms with Gasteiger partial charge in [0.1, 0.15) is 0 Å². The first-order valence-electron chi connectivity index (χ1n) is 5.41. The van der Waals surface area contributed by atoms with Crippen molar-refractivity contribution in [3.8, 4) is 0 Å². The minimum atomic E-state index is 0. The molecular weight excluding hydrogens is 204 g/mol. The Morgan fingerprint density at radius 2 is 1.14 bits per heavy atom. The van der Waals surface area contributed by atoms with Crippen LogP contribution in [0, 0.1) is 13.8 Å². The number of halogens is 1. The summed E-state index contributed by atoms with van der Waals surface area (Å²) in [6.07, 6.45) is 10.3. The van der Waals surface area contributed by atoms with E-state index >= 15 is 0 Å². The number of rotatable bonds is 6. The van der Waals surface area contributed by atoms with E-state index in [1.54, 1.807) is 0 Å². The van der Waals surface area contributed by atoms with Crippen molar-refractivity contribution in [3.05, 3.63) is 13.8 Å². The molecular formula is C12H27ClMg. The van der Waals surface area contributed by atoms with Gasteiger partial charge in [0, 0.05) is 0 Å². The average molecular weight is 231 g/mol. The van der Waals surface area contributed by atoms with Crippen LogP contribution in [-0.4, -0.2) is 23.1 Å². The van der Waals surface area contributed by atoms with Crippen molar-refractivity contribution in [1.82, 2.24) is 0 Å². The number of hydrogen-bond donors (Lipinski definition) is 0. The summed E-state index contributed by atoms with van der Waals surface area (Å²) in [6, 6.07) is 0. The fourth-order valence-corrected chi connectivity index (χ4v) is 0.780. The third-order valence-corrected chi connectivity index (χ3v) is 1.71. The summed E-state index contributed by atoms with van der Waals surface area (Å²) in [6.45, 7) is 11.7. The topological polar surface area (TPSA) is 0 Å². The molecule has 0 aliphatic rings. The first kappa shape index (κ1) is 24.3. The Balaban J connectivity index is -0.0000000733. The Morgan fingerprint density at radius 1 is 0.714 bits per heavy atom. The van der Waals surface area contributed by atoms with Crippen molar-refractivity contribution in [3.63, 3.8) is 0 Å². The van der Waals surface area contributed by atoms with Gasteiger partial charge in [-0.3, -0.25) is 0 Å². The largest absolute Gasteiger partial charge is 2.00 e. The van der Waals surface area contributed by atoms with Crippen LogP contribution in [0.2, 0.25) is 0 Å². The molecule has 0 aliphatic heterocycles. The van der Waals surface area contributed by atoms with E-state index in [1.807, 2.05) is 0 Å². The van der Waals surface area contributed by atoms with Crippen LogP contribution in [0.25, 0.3) is 0 Å². The monoisotopic (exact) mass is 230 g/mol. The van der Waals surface area contributed by atoms with Crippen LogP contribution >= 0.6 is 12.4 Å². The van der Waals surface area contributed by atoms with Gasteiger partial charge in [0.15, 0.2) is 0 Å². The third kappa shape index (κ3) is 38.1. The fourth-order valence-electron chi connectivity index (χ4n) is 0.780. The second-order valence-corrected chi connectivity index (χ2v) is 3.12. The summed E-state index contributed by atoms with van der Waals surface area (Å²) in [5.41, 5.74) is 0. The zero-order valence-corrected chi connectivity index (χ0v) is 12.4. The maximum atomic E-state index is 3.78. The van der Waals surface area contributed by atoms with Crippen LogP contribution in [0.1, 0.15) is 65.2 Å².